The van der Waals surface area contributed by atoms with E-state index in [0.29, 0.717) is 0 Å². The quantitative estimate of drug-likeness (QED) is 0.586. The highest BCUT2D eigenvalue weighted by atomic mass is 79.9. The van der Waals surface area contributed by atoms with Crippen molar-refractivity contribution in [2.45, 2.75) is 13.2 Å². The lowest BCUT2D eigenvalue weighted by atomic mass is 10.0. The molecule has 0 aliphatic heterocycles. The second-order valence-electron chi connectivity index (χ2n) is 5.27. The van der Waals surface area contributed by atoms with Crippen LogP contribution in [0.4, 0.5) is 5.69 Å². The number of nitrogen functional groups attached to an aromatic ring is 1. The van der Waals surface area contributed by atoms with Crippen molar-refractivity contribution >= 4 is 21.6 Å². The maximum atomic E-state index is 8.92. The van der Waals surface area contributed by atoms with Gasteiger partial charge in [0.15, 0.2) is 0 Å². The van der Waals surface area contributed by atoms with E-state index in [9.17, 15) is 0 Å². The summed E-state index contributed by atoms with van der Waals surface area (Å²) in [5.74, 6) is 0. The maximum Gasteiger partial charge on any atom is 0.0681 e. The van der Waals surface area contributed by atoms with Gasteiger partial charge in [0.1, 0.15) is 0 Å². The largest absolute Gasteiger partial charge is 0.399 e. The molecule has 124 valence electrons. The molecule has 0 spiro atoms. The van der Waals surface area contributed by atoms with Crippen LogP contribution in [0.2, 0.25) is 0 Å². The molecule has 3 nitrogen and oxygen atoms in total. The third-order valence-electron chi connectivity index (χ3n) is 3.45. The lowest BCUT2D eigenvalue weighted by molar-refractivity contribution is 0.281. The van der Waals surface area contributed by atoms with Crippen molar-refractivity contribution in [2.75, 3.05) is 5.73 Å². The molecule has 0 aliphatic carbocycles. The average molecular weight is 386 g/mol. The predicted octanol–water partition coefficient (Wildman–Crippen LogP) is 4.37. The lowest BCUT2D eigenvalue weighted by Gasteiger charge is -2.03. The summed E-state index contributed by atoms with van der Waals surface area (Å²) < 4.78 is 1.04. The van der Waals surface area contributed by atoms with E-state index in [0.717, 1.165) is 32.4 Å². The maximum absolute atomic E-state index is 8.92. The van der Waals surface area contributed by atoms with Gasteiger partial charge in [-0.15, -0.1) is 0 Å². The Hall–Kier alpha value is -2.14. The van der Waals surface area contributed by atoms with Gasteiger partial charge in [0.2, 0.25) is 0 Å². The highest BCUT2D eigenvalue weighted by Gasteiger charge is 1.97. The van der Waals surface area contributed by atoms with Crippen LogP contribution in [0.3, 0.4) is 0 Å². The molecule has 0 amide bonds. The number of hydrogen-bond acceptors (Lipinski definition) is 3. The summed E-state index contributed by atoms with van der Waals surface area (Å²) in [5.41, 5.74) is 10.5. The lowest BCUT2D eigenvalue weighted by Crippen LogP contribution is -1.86. The first-order valence-corrected chi connectivity index (χ1v) is 8.32. The minimum absolute atomic E-state index is 0.0806. The summed E-state index contributed by atoms with van der Waals surface area (Å²) in [6.07, 6.45) is 0. The Balaban J connectivity index is 0.000000198. The summed E-state index contributed by atoms with van der Waals surface area (Å²) in [7, 11) is 0. The zero-order valence-corrected chi connectivity index (χ0v) is 14.8. The summed E-state index contributed by atoms with van der Waals surface area (Å²) >= 11 is 3.29. The molecule has 0 bridgehead atoms. The number of aliphatic hydroxyl groups excluding tert-OH is 2. The Labute approximate surface area is 150 Å². The fraction of sp³-hybridized carbons (Fsp3) is 0.100. The van der Waals surface area contributed by atoms with Crippen molar-refractivity contribution in [3.63, 3.8) is 0 Å². The number of nitrogens with two attached hydrogens (primary N) is 1. The summed E-state index contributed by atoms with van der Waals surface area (Å²) in [4.78, 5) is 0. The molecule has 3 aromatic rings. The van der Waals surface area contributed by atoms with Crippen LogP contribution in [0.5, 0.6) is 0 Å². The molecule has 0 saturated carbocycles. The third-order valence-corrected chi connectivity index (χ3v) is 3.98. The van der Waals surface area contributed by atoms with Crippen LogP contribution in [-0.2, 0) is 13.2 Å². The number of aliphatic hydroxyl groups is 2. The summed E-state index contributed by atoms with van der Waals surface area (Å²) in [6, 6.07) is 23.1. The first-order valence-electron chi connectivity index (χ1n) is 7.53. The highest BCUT2D eigenvalue weighted by molar-refractivity contribution is 9.10. The van der Waals surface area contributed by atoms with Crippen LogP contribution >= 0.6 is 15.9 Å². The zero-order chi connectivity index (χ0) is 17.4. The second kappa shape index (κ2) is 9.23. The molecule has 0 fully saturated rings. The van der Waals surface area contributed by atoms with Crippen molar-refractivity contribution in [3.05, 3.63) is 88.4 Å². The fourth-order valence-electron chi connectivity index (χ4n) is 2.11. The minimum Gasteiger partial charge on any atom is -0.399 e. The van der Waals surface area contributed by atoms with E-state index in [1.807, 2.05) is 72.8 Å². The van der Waals surface area contributed by atoms with Crippen LogP contribution in [0.15, 0.2) is 77.3 Å². The monoisotopic (exact) mass is 385 g/mol. The predicted molar refractivity (Wildman–Crippen MR) is 102 cm³/mol. The molecule has 24 heavy (non-hydrogen) atoms. The Morgan fingerprint density at radius 3 is 1.75 bits per heavy atom. The molecular weight excluding hydrogens is 366 g/mol. The van der Waals surface area contributed by atoms with E-state index in [1.165, 1.54) is 0 Å². The van der Waals surface area contributed by atoms with Crippen LogP contribution < -0.4 is 5.73 Å². The minimum atomic E-state index is 0.0806. The van der Waals surface area contributed by atoms with Crippen LogP contribution in [-0.4, -0.2) is 10.2 Å². The van der Waals surface area contributed by atoms with E-state index in [2.05, 4.69) is 15.9 Å². The molecule has 3 aromatic carbocycles. The van der Waals surface area contributed by atoms with E-state index in [-0.39, 0.29) is 13.2 Å². The molecule has 4 N–H and O–H groups in total. The molecule has 3 rings (SSSR count). The number of anilines is 1. The number of rotatable bonds is 3. The molecule has 0 radical (unpaired) electrons. The van der Waals surface area contributed by atoms with E-state index in [4.69, 9.17) is 15.9 Å². The van der Waals surface area contributed by atoms with E-state index in [1.54, 1.807) is 0 Å². The SMILES string of the molecule is Nc1cccc(-c2ccc(CO)cc2)c1.OCc1ccc(Br)cc1. The fourth-order valence-corrected chi connectivity index (χ4v) is 2.37. The van der Waals surface area contributed by atoms with Crippen molar-refractivity contribution in [3.8, 4) is 11.1 Å². The normalized spacial score (nSPS) is 9.96. The average Bonchev–Trinajstić information content (AvgIpc) is 2.63. The zero-order valence-electron chi connectivity index (χ0n) is 13.2. The van der Waals surface area contributed by atoms with Gasteiger partial charge in [0.25, 0.3) is 0 Å². The number of hydrogen-bond donors (Lipinski definition) is 3. The standard InChI is InChI=1S/C13H13NO.C7H7BrO/c14-13-3-1-2-12(8-13)11-6-4-10(9-15)5-7-11;8-7-3-1-6(5-9)2-4-7/h1-8,15H,9,14H2;1-4,9H,5H2. The molecule has 0 aliphatic rings. The Morgan fingerprint density at radius 1 is 0.708 bits per heavy atom. The molecule has 0 aromatic heterocycles. The molecule has 0 unspecified atom stereocenters. The highest BCUT2D eigenvalue weighted by Crippen LogP contribution is 2.21. The number of benzene rings is 3. The molecule has 0 heterocycles. The first kappa shape index (κ1) is 18.2. The Morgan fingerprint density at radius 2 is 1.25 bits per heavy atom. The van der Waals surface area contributed by atoms with Gasteiger partial charge in [-0.2, -0.15) is 0 Å². The summed E-state index contributed by atoms with van der Waals surface area (Å²) in [6.45, 7) is 0.199. The topological polar surface area (TPSA) is 66.5 Å². The van der Waals surface area contributed by atoms with Crippen LogP contribution in [0, 0.1) is 0 Å². The molecule has 4 heteroatoms. The summed E-state index contributed by atoms with van der Waals surface area (Å²) in [5, 5.41) is 17.5. The van der Waals surface area contributed by atoms with Gasteiger partial charge >= 0.3 is 0 Å². The van der Waals surface area contributed by atoms with Gasteiger partial charge in [0, 0.05) is 10.2 Å². The molecular formula is C20H20BrNO2. The second-order valence-corrected chi connectivity index (χ2v) is 6.18. The van der Waals surface area contributed by atoms with Gasteiger partial charge < -0.3 is 15.9 Å². The van der Waals surface area contributed by atoms with Gasteiger partial charge in [-0.1, -0.05) is 64.5 Å². The molecule has 0 saturated heterocycles. The first-order chi connectivity index (χ1) is 11.6. The van der Waals surface area contributed by atoms with Crippen LogP contribution in [0.25, 0.3) is 11.1 Å². The number of halogens is 1. The van der Waals surface area contributed by atoms with Crippen LogP contribution in [0.1, 0.15) is 11.1 Å². The van der Waals surface area contributed by atoms with Crippen molar-refractivity contribution < 1.29 is 10.2 Å². The molecule has 0 atom stereocenters. The van der Waals surface area contributed by atoms with Gasteiger partial charge in [-0.3, -0.25) is 0 Å². The Bertz CT molecular complexity index is 755. The third kappa shape index (κ3) is 5.49. The van der Waals surface area contributed by atoms with Crippen molar-refractivity contribution in [1.82, 2.24) is 0 Å². The van der Waals surface area contributed by atoms with Gasteiger partial charge in [0.05, 0.1) is 13.2 Å². The van der Waals surface area contributed by atoms with Crippen molar-refractivity contribution in [1.29, 1.82) is 0 Å². The smallest absolute Gasteiger partial charge is 0.0681 e. The Kier molecular flexibility index (Phi) is 7.00. The van der Waals surface area contributed by atoms with Gasteiger partial charge in [-0.05, 0) is 46.5 Å². The van der Waals surface area contributed by atoms with E-state index >= 15 is 0 Å². The van der Waals surface area contributed by atoms with E-state index < -0.39 is 0 Å². The van der Waals surface area contributed by atoms with Gasteiger partial charge in [-0.25, -0.2) is 0 Å². The van der Waals surface area contributed by atoms with Crippen molar-refractivity contribution in [2.24, 2.45) is 0 Å².